The second-order valence-corrected chi connectivity index (χ2v) is 7.06. The molecular weight excluding hydrogens is 352 g/mol. The van der Waals surface area contributed by atoms with E-state index in [1.54, 1.807) is 0 Å². The van der Waals surface area contributed by atoms with E-state index in [4.69, 9.17) is 17.0 Å². The molecule has 0 aliphatic rings. The molecule has 3 rings (SSSR count). The fourth-order valence-electron chi connectivity index (χ4n) is 2.62. The maximum Gasteiger partial charge on any atom is 0.175 e. The largest absolute Gasteiger partial charge is 0.489 e. The molecule has 27 heavy (non-hydrogen) atoms. The van der Waals surface area contributed by atoms with Crippen molar-refractivity contribution in [1.29, 1.82) is 0 Å². The van der Waals surface area contributed by atoms with Crippen LogP contribution in [0.4, 0.5) is 11.4 Å². The summed E-state index contributed by atoms with van der Waals surface area (Å²) in [5.41, 5.74) is 4.34. The molecule has 0 spiro atoms. The van der Waals surface area contributed by atoms with Crippen LogP contribution in [0.1, 0.15) is 30.9 Å². The topological polar surface area (TPSA) is 33.3 Å². The number of hydrogen-bond acceptors (Lipinski definition) is 2. The molecule has 0 saturated heterocycles. The van der Waals surface area contributed by atoms with Gasteiger partial charge in [0.05, 0.1) is 0 Å². The molecule has 2 N–H and O–H groups in total. The van der Waals surface area contributed by atoms with E-state index >= 15 is 0 Å². The van der Waals surface area contributed by atoms with E-state index in [9.17, 15) is 0 Å². The zero-order valence-corrected chi connectivity index (χ0v) is 16.4. The highest BCUT2D eigenvalue weighted by atomic mass is 32.1. The second-order valence-electron chi connectivity index (χ2n) is 6.65. The van der Waals surface area contributed by atoms with Crippen LogP contribution in [0.3, 0.4) is 0 Å². The van der Waals surface area contributed by atoms with Crippen LogP contribution in [0, 0.1) is 0 Å². The van der Waals surface area contributed by atoms with E-state index in [1.807, 2.05) is 66.7 Å². The Morgan fingerprint density at radius 2 is 1.37 bits per heavy atom. The lowest BCUT2D eigenvalue weighted by atomic mass is 10.0. The van der Waals surface area contributed by atoms with E-state index in [0.29, 0.717) is 17.6 Å². The molecule has 0 aliphatic carbocycles. The van der Waals surface area contributed by atoms with Crippen molar-refractivity contribution >= 4 is 28.7 Å². The summed E-state index contributed by atoms with van der Waals surface area (Å²) in [6, 6.07) is 26.2. The normalized spacial score (nSPS) is 10.5. The van der Waals surface area contributed by atoms with Crippen LogP contribution in [-0.2, 0) is 6.61 Å². The van der Waals surface area contributed by atoms with Gasteiger partial charge in [0.2, 0.25) is 0 Å². The third kappa shape index (κ3) is 5.83. The van der Waals surface area contributed by atoms with Crippen LogP contribution < -0.4 is 15.4 Å². The van der Waals surface area contributed by atoms with E-state index in [0.717, 1.165) is 22.7 Å². The predicted octanol–water partition coefficient (Wildman–Crippen LogP) is 6.20. The summed E-state index contributed by atoms with van der Waals surface area (Å²) in [7, 11) is 0. The van der Waals surface area contributed by atoms with E-state index in [2.05, 4.69) is 36.6 Å². The first kappa shape index (κ1) is 18.9. The standard InChI is InChI=1S/C23H24N2OS/c1-17(2)19-8-10-20(11-9-19)24-23(27)25-21-12-14-22(15-13-21)26-16-18-6-4-3-5-7-18/h3-15,17H,16H2,1-2H3,(H2,24,25,27). The van der Waals surface area contributed by atoms with Gasteiger partial charge in [-0.05, 0) is 65.7 Å². The Kier molecular flexibility index (Phi) is 6.44. The Balaban J connectivity index is 1.50. The summed E-state index contributed by atoms with van der Waals surface area (Å²) >= 11 is 5.40. The smallest absolute Gasteiger partial charge is 0.175 e. The Bertz CT molecular complexity index is 859. The highest BCUT2D eigenvalue weighted by Crippen LogP contribution is 2.19. The van der Waals surface area contributed by atoms with Crippen LogP contribution in [-0.4, -0.2) is 5.11 Å². The molecule has 0 radical (unpaired) electrons. The minimum Gasteiger partial charge on any atom is -0.489 e. The number of hydrogen-bond donors (Lipinski definition) is 2. The Morgan fingerprint density at radius 3 is 1.93 bits per heavy atom. The van der Waals surface area contributed by atoms with E-state index in [1.165, 1.54) is 5.56 Å². The number of anilines is 2. The van der Waals surface area contributed by atoms with Gasteiger partial charge in [-0.3, -0.25) is 0 Å². The molecule has 0 unspecified atom stereocenters. The molecule has 138 valence electrons. The van der Waals surface area contributed by atoms with Gasteiger partial charge in [0, 0.05) is 11.4 Å². The molecule has 0 heterocycles. The van der Waals surface area contributed by atoms with Crippen LogP contribution in [0.2, 0.25) is 0 Å². The van der Waals surface area contributed by atoms with Crippen LogP contribution in [0.25, 0.3) is 0 Å². The average molecular weight is 377 g/mol. The molecule has 0 saturated carbocycles. The van der Waals surface area contributed by atoms with Gasteiger partial charge >= 0.3 is 0 Å². The summed E-state index contributed by atoms with van der Waals surface area (Å²) in [4.78, 5) is 0. The highest BCUT2D eigenvalue weighted by molar-refractivity contribution is 7.80. The molecule has 4 heteroatoms. The van der Waals surface area contributed by atoms with Gasteiger partial charge in [0.25, 0.3) is 0 Å². The van der Waals surface area contributed by atoms with Crippen molar-refractivity contribution in [2.45, 2.75) is 26.4 Å². The molecule has 0 amide bonds. The fourth-order valence-corrected chi connectivity index (χ4v) is 2.86. The van der Waals surface area contributed by atoms with Crippen molar-refractivity contribution in [2.75, 3.05) is 10.6 Å². The fraction of sp³-hybridized carbons (Fsp3) is 0.174. The second kappa shape index (κ2) is 9.19. The van der Waals surface area contributed by atoms with Gasteiger partial charge in [-0.15, -0.1) is 0 Å². The summed E-state index contributed by atoms with van der Waals surface area (Å²) in [5, 5.41) is 6.96. The number of benzene rings is 3. The molecule has 3 nitrogen and oxygen atoms in total. The number of thiocarbonyl (C=S) groups is 1. The molecule has 3 aromatic carbocycles. The lowest BCUT2D eigenvalue weighted by Crippen LogP contribution is -2.18. The van der Waals surface area contributed by atoms with E-state index < -0.39 is 0 Å². The predicted molar refractivity (Wildman–Crippen MR) is 118 cm³/mol. The Morgan fingerprint density at radius 1 is 0.815 bits per heavy atom. The average Bonchev–Trinajstić information content (AvgIpc) is 2.68. The summed E-state index contributed by atoms with van der Waals surface area (Å²) in [5.74, 6) is 1.35. The zero-order valence-electron chi connectivity index (χ0n) is 15.6. The van der Waals surface area contributed by atoms with Gasteiger partial charge in [-0.1, -0.05) is 56.3 Å². The van der Waals surface area contributed by atoms with Crippen molar-refractivity contribution in [1.82, 2.24) is 0 Å². The Labute approximate surface area is 166 Å². The van der Waals surface area contributed by atoms with Crippen LogP contribution in [0.5, 0.6) is 5.75 Å². The minimum atomic E-state index is 0.520. The molecule has 0 aromatic heterocycles. The van der Waals surface area contributed by atoms with E-state index in [-0.39, 0.29) is 0 Å². The maximum atomic E-state index is 5.80. The lowest BCUT2D eigenvalue weighted by Gasteiger charge is -2.12. The van der Waals surface area contributed by atoms with Crippen molar-refractivity contribution in [3.8, 4) is 5.75 Å². The first-order valence-electron chi connectivity index (χ1n) is 9.05. The van der Waals surface area contributed by atoms with Crippen molar-refractivity contribution < 1.29 is 4.74 Å². The van der Waals surface area contributed by atoms with Gasteiger partial charge in [0.15, 0.2) is 5.11 Å². The minimum absolute atomic E-state index is 0.520. The maximum absolute atomic E-state index is 5.80. The molecule has 0 fully saturated rings. The van der Waals surface area contributed by atoms with Gasteiger partial charge < -0.3 is 15.4 Å². The zero-order chi connectivity index (χ0) is 19.1. The van der Waals surface area contributed by atoms with Gasteiger partial charge in [-0.2, -0.15) is 0 Å². The monoisotopic (exact) mass is 376 g/mol. The van der Waals surface area contributed by atoms with Gasteiger partial charge in [0.1, 0.15) is 12.4 Å². The van der Waals surface area contributed by atoms with Crippen molar-refractivity contribution in [3.63, 3.8) is 0 Å². The number of ether oxygens (including phenoxy) is 1. The van der Waals surface area contributed by atoms with Crippen molar-refractivity contribution in [2.24, 2.45) is 0 Å². The molecule has 0 bridgehead atoms. The number of nitrogens with one attached hydrogen (secondary N) is 2. The highest BCUT2D eigenvalue weighted by Gasteiger charge is 2.02. The van der Waals surface area contributed by atoms with Crippen molar-refractivity contribution in [3.05, 3.63) is 90.0 Å². The first-order valence-corrected chi connectivity index (χ1v) is 9.46. The lowest BCUT2D eigenvalue weighted by molar-refractivity contribution is 0.306. The molecule has 3 aromatic rings. The summed E-state index contributed by atoms with van der Waals surface area (Å²) < 4.78 is 5.80. The first-order chi connectivity index (χ1) is 13.1. The van der Waals surface area contributed by atoms with Crippen LogP contribution in [0.15, 0.2) is 78.9 Å². The molecular formula is C23H24N2OS. The quantitative estimate of drug-likeness (QED) is 0.502. The third-order valence-corrected chi connectivity index (χ3v) is 4.40. The molecule has 0 atom stereocenters. The number of rotatable bonds is 6. The van der Waals surface area contributed by atoms with Crippen LogP contribution >= 0.6 is 12.2 Å². The Hall–Kier alpha value is -2.85. The summed E-state index contributed by atoms with van der Waals surface area (Å²) in [6.07, 6.45) is 0. The SMILES string of the molecule is CC(C)c1ccc(NC(=S)Nc2ccc(OCc3ccccc3)cc2)cc1. The molecule has 0 aliphatic heterocycles. The summed E-state index contributed by atoms with van der Waals surface area (Å²) in [6.45, 7) is 4.92. The van der Waals surface area contributed by atoms with Gasteiger partial charge in [-0.25, -0.2) is 0 Å². The third-order valence-electron chi connectivity index (χ3n) is 4.20.